The van der Waals surface area contributed by atoms with Crippen LogP contribution in [0.2, 0.25) is 10.0 Å². The minimum absolute atomic E-state index is 0.00453. The van der Waals surface area contributed by atoms with Crippen LogP contribution >= 0.6 is 23.2 Å². The van der Waals surface area contributed by atoms with Crippen LogP contribution in [0.1, 0.15) is 60.4 Å². The van der Waals surface area contributed by atoms with Gasteiger partial charge in [0.2, 0.25) is 0 Å². The van der Waals surface area contributed by atoms with E-state index >= 15 is 0 Å². The molecule has 5 nitrogen and oxygen atoms in total. The summed E-state index contributed by atoms with van der Waals surface area (Å²) in [5.74, 6) is -0.599. The molecule has 1 unspecified atom stereocenters. The minimum atomic E-state index is -4.64. The molecule has 0 fully saturated rings. The lowest BCUT2D eigenvalue weighted by Gasteiger charge is -2.44. The highest BCUT2D eigenvalue weighted by atomic mass is 35.5. The van der Waals surface area contributed by atoms with E-state index in [-0.39, 0.29) is 40.9 Å². The lowest BCUT2D eigenvalue weighted by molar-refractivity contribution is -0.137. The standard InChI is InChI=1S/C34H30Cl2F3N3O2/c1-18-11-19(2)22(12-20(18)17-44-29-8-6-5-7-25(29)36)30-23(16-40)32(41)42(27-14-33(3,4)15-28(43)31(27)30)26-13-21(34(37,38)39)9-10-24(26)35/h5-13,30H,14-15,17,41H2,1-4H3. The summed E-state index contributed by atoms with van der Waals surface area (Å²) in [5.41, 5.74) is 9.27. The number of rotatable bonds is 5. The van der Waals surface area contributed by atoms with E-state index in [1.165, 1.54) is 4.90 Å². The smallest absolute Gasteiger partial charge is 0.416 e. The molecule has 0 radical (unpaired) electrons. The first-order valence-electron chi connectivity index (χ1n) is 13.9. The molecule has 0 aromatic heterocycles. The highest BCUT2D eigenvalue weighted by Crippen LogP contribution is 2.52. The molecule has 44 heavy (non-hydrogen) atoms. The van der Waals surface area contributed by atoms with Crippen LogP contribution in [0, 0.1) is 30.6 Å². The van der Waals surface area contributed by atoms with Gasteiger partial charge < -0.3 is 10.5 Å². The van der Waals surface area contributed by atoms with E-state index in [9.17, 15) is 23.2 Å². The molecule has 0 bridgehead atoms. The number of aryl methyl sites for hydroxylation is 2. The van der Waals surface area contributed by atoms with Gasteiger partial charge in [0.1, 0.15) is 18.2 Å². The summed E-state index contributed by atoms with van der Waals surface area (Å²) in [7, 11) is 0. The molecule has 0 amide bonds. The summed E-state index contributed by atoms with van der Waals surface area (Å²) in [6, 6.07) is 16.1. The summed E-state index contributed by atoms with van der Waals surface area (Å²) in [5, 5.41) is 11.0. The lowest BCUT2D eigenvalue weighted by atomic mass is 9.68. The third kappa shape index (κ3) is 5.79. The molecule has 2 aliphatic rings. The van der Waals surface area contributed by atoms with Gasteiger partial charge in [0.05, 0.1) is 38.9 Å². The molecule has 10 heteroatoms. The number of nitrogens with zero attached hydrogens (tertiary/aromatic N) is 2. The molecule has 1 atom stereocenters. The second kappa shape index (κ2) is 11.5. The van der Waals surface area contributed by atoms with Crippen molar-refractivity contribution in [2.24, 2.45) is 11.1 Å². The van der Waals surface area contributed by atoms with E-state index < -0.39 is 23.1 Å². The quantitative estimate of drug-likeness (QED) is 0.301. The van der Waals surface area contributed by atoms with Gasteiger partial charge in [-0.2, -0.15) is 18.4 Å². The molecule has 0 spiro atoms. The molecule has 5 rings (SSSR count). The lowest BCUT2D eigenvalue weighted by Crippen LogP contribution is -2.42. The van der Waals surface area contributed by atoms with Crippen molar-refractivity contribution in [1.29, 1.82) is 5.26 Å². The van der Waals surface area contributed by atoms with Gasteiger partial charge in [0.25, 0.3) is 0 Å². The maximum Gasteiger partial charge on any atom is 0.416 e. The number of nitrogens with two attached hydrogens (primary N) is 1. The summed E-state index contributed by atoms with van der Waals surface area (Å²) in [6.45, 7) is 7.83. The molecule has 1 aliphatic heterocycles. The van der Waals surface area contributed by atoms with Crippen LogP contribution in [0.15, 0.2) is 77.3 Å². The fourth-order valence-corrected chi connectivity index (χ4v) is 6.45. The Labute approximate surface area is 264 Å². The molecular formula is C34H30Cl2F3N3O2. The predicted octanol–water partition coefficient (Wildman–Crippen LogP) is 9.15. The Kier molecular flexibility index (Phi) is 8.25. The van der Waals surface area contributed by atoms with Gasteiger partial charge in [-0.05, 0) is 78.3 Å². The summed E-state index contributed by atoms with van der Waals surface area (Å²) >= 11 is 12.8. The largest absolute Gasteiger partial charge is 0.487 e. The highest BCUT2D eigenvalue weighted by Gasteiger charge is 2.46. The maximum absolute atomic E-state index is 14.0. The number of allylic oxidation sites excluding steroid dienone is 3. The van der Waals surface area contributed by atoms with Gasteiger partial charge in [0, 0.05) is 17.7 Å². The molecule has 228 valence electrons. The van der Waals surface area contributed by atoms with E-state index in [0.717, 1.165) is 34.9 Å². The Morgan fingerprint density at radius 2 is 1.75 bits per heavy atom. The van der Waals surface area contributed by atoms with Crippen molar-refractivity contribution in [2.45, 2.75) is 59.2 Å². The third-order valence-electron chi connectivity index (χ3n) is 8.15. The van der Waals surface area contributed by atoms with Crippen LogP contribution in [-0.4, -0.2) is 5.78 Å². The number of carbonyl (C=O) groups is 1. The first kappa shape index (κ1) is 31.5. The Balaban J connectivity index is 1.71. The number of alkyl halides is 3. The number of ketones is 1. The van der Waals surface area contributed by atoms with Crippen LogP contribution in [-0.2, 0) is 17.6 Å². The normalized spacial score (nSPS) is 18.3. The number of nitriles is 1. The van der Waals surface area contributed by atoms with Crippen molar-refractivity contribution in [3.8, 4) is 11.8 Å². The zero-order valence-corrected chi connectivity index (χ0v) is 26.1. The zero-order chi connectivity index (χ0) is 32.1. The van der Waals surface area contributed by atoms with Crippen LogP contribution in [0.5, 0.6) is 5.75 Å². The van der Waals surface area contributed by atoms with E-state index in [1.807, 2.05) is 45.9 Å². The number of benzene rings is 3. The summed E-state index contributed by atoms with van der Waals surface area (Å²) in [4.78, 5) is 15.4. The molecule has 0 saturated carbocycles. The zero-order valence-electron chi connectivity index (χ0n) is 24.6. The number of halogens is 5. The maximum atomic E-state index is 14.0. The topological polar surface area (TPSA) is 79.4 Å². The van der Waals surface area contributed by atoms with Crippen LogP contribution < -0.4 is 15.4 Å². The predicted molar refractivity (Wildman–Crippen MR) is 165 cm³/mol. The summed E-state index contributed by atoms with van der Waals surface area (Å²) < 4.78 is 47.3. The molecule has 0 saturated heterocycles. The van der Waals surface area contributed by atoms with E-state index in [4.69, 9.17) is 33.7 Å². The summed E-state index contributed by atoms with van der Waals surface area (Å²) in [6.07, 6.45) is -4.13. The van der Waals surface area contributed by atoms with Crippen molar-refractivity contribution in [1.82, 2.24) is 0 Å². The molecule has 1 aliphatic carbocycles. The number of anilines is 1. The second-order valence-electron chi connectivity index (χ2n) is 12.0. The van der Waals surface area contributed by atoms with Crippen molar-refractivity contribution in [2.75, 3.05) is 4.90 Å². The Morgan fingerprint density at radius 3 is 2.41 bits per heavy atom. The van der Waals surface area contributed by atoms with Crippen LogP contribution in [0.4, 0.5) is 18.9 Å². The van der Waals surface area contributed by atoms with Gasteiger partial charge in [-0.3, -0.25) is 9.69 Å². The Hall–Kier alpha value is -3.93. The number of Topliss-reactive ketones (excluding diaryl/α,β-unsaturated/α-hetero) is 1. The Morgan fingerprint density at radius 1 is 1.05 bits per heavy atom. The third-order valence-corrected chi connectivity index (χ3v) is 8.78. The van der Waals surface area contributed by atoms with E-state index in [2.05, 4.69) is 6.07 Å². The molecular weight excluding hydrogens is 610 g/mol. The van der Waals surface area contributed by atoms with Crippen molar-refractivity contribution < 1.29 is 22.7 Å². The van der Waals surface area contributed by atoms with Gasteiger partial charge >= 0.3 is 6.18 Å². The van der Waals surface area contributed by atoms with Gasteiger partial charge in [0.15, 0.2) is 5.78 Å². The average Bonchev–Trinajstić information content (AvgIpc) is 2.92. The van der Waals surface area contributed by atoms with Crippen molar-refractivity contribution >= 4 is 34.7 Å². The number of hydrogen-bond acceptors (Lipinski definition) is 5. The van der Waals surface area contributed by atoms with Crippen LogP contribution in [0.3, 0.4) is 0 Å². The van der Waals surface area contributed by atoms with E-state index in [1.54, 1.807) is 18.2 Å². The van der Waals surface area contributed by atoms with Crippen LogP contribution in [0.25, 0.3) is 0 Å². The average molecular weight is 641 g/mol. The molecule has 3 aromatic carbocycles. The SMILES string of the molecule is Cc1cc(C)c(C2C(C#N)=C(N)N(c3cc(C(F)(F)F)ccc3Cl)C3=C2C(=O)CC(C)(C)C3)cc1COc1ccccc1Cl. The van der Waals surface area contributed by atoms with Gasteiger partial charge in [-0.1, -0.05) is 61.3 Å². The monoisotopic (exact) mass is 639 g/mol. The Bertz CT molecular complexity index is 1790. The fourth-order valence-electron chi connectivity index (χ4n) is 6.06. The van der Waals surface area contributed by atoms with Gasteiger partial charge in [-0.25, -0.2) is 0 Å². The number of para-hydroxylation sites is 1. The highest BCUT2D eigenvalue weighted by molar-refractivity contribution is 6.33. The fraction of sp³-hybridized carbons (Fsp3) is 0.294. The molecule has 1 heterocycles. The van der Waals surface area contributed by atoms with E-state index in [0.29, 0.717) is 34.0 Å². The number of ether oxygens (including phenoxy) is 1. The first-order valence-corrected chi connectivity index (χ1v) is 14.7. The van der Waals surface area contributed by atoms with Crippen molar-refractivity contribution in [3.05, 3.63) is 115 Å². The second-order valence-corrected chi connectivity index (χ2v) is 12.8. The van der Waals surface area contributed by atoms with Gasteiger partial charge in [-0.15, -0.1) is 0 Å². The number of carbonyl (C=O) groups excluding carboxylic acids is 1. The first-order chi connectivity index (χ1) is 20.6. The van der Waals surface area contributed by atoms with Crippen molar-refractivity contribution in [3.63, 3.8) is 0 Å². The minimum Gasteiger partial charge on any atom is -0.487 e. The molecule has 2 N–H and O–H groups in total. The molecule has 3 aromatic rings. The number of hydrogen-bond donors (Lipinski definition) is 1.